The molecule has 11 aromatic rings. The second kappa shape index (κ2) is 18.6. The molecule has 11 rings (SSSR count). The third-order valence-corrected chi connectivity index (χ3v) is 12.8. The Hall–Kier alpha value is -7.33. The molecule has 6 heteroatoms. The van der Waals surface area contributed by atoms with Gasteiger partial charge in [0.15, 0.2) is 0 Å². The fourth-order valence-corrected chi connectivity index (χ4v) is 8.99. The van der Waals surface area contributed by atoms with Gasteiger partial charge >= 0.3 is 0 Å². The maximum absolute atomic E-state index is 9.05. The Balaban J connectivity index is 0.00000704. The third kappa shape index (κ3) is 8.51. The molecule has 0 bridgehead atoms. The summed E-state index contributed by atoms with van der Waals surface area (Å²) in [5.41, 5.74) is 8.26. The third-order valence-electron chi connectivity index (χ3n) is 12.8. The number of hydrogen-bond donors (Lipinski definition) is 0. The normalized spacial score (nSPS) is 14.2. The molecule has 0 aliphatic heterocycles. The van der Waals surface area contributed by atoms with E-state index in [4.69, 9.17) is 23.4 Å². The van der Waals surface area contributed by atoms with Crippen molar-refractivity contribution in [2.45, 2.75) is 52.9 Å². The van der Waals surface area contributed by atoms with Crippen LogP contribution < -0.4 is 9.30 Å². The molecule has 0 saturated carbocycles. The summed E-state index contributed by atoms with van der Waals surface area (Å²) >= 11 is 0. The molecule has 1 unspecified atom stereocenters. The van der Waals surface area contributed by atoms with E-state index in [1.165, 1.54) is 11.1 Å². The summed E-state index contributed by atoms with van der Waals surface area (Å²) in [7, 11) is 0. The maximum atomic E-state index is 9.05. The summed E-state index contributed by atoms with van der Waals surface area (Å²) < 4.78 is 99.4. The Labute approximate surface area is 433 Å². The predicted octanol–water partition coefficient (Wildman–Crippen LogP) is 15.6. The molecule has 0 aliphatic carbocycles. The number of rotatable bonds is 10. The number of aromatic nitrogens is 4. The van der Waals surface area contributed by atoms with E-state index in [-0.39, 0.29) is 60.3 Å². The average molecular weight is 1090 g/mol. The van der Waals surface area contributed by atoms with Crippen molar-refractivity contribution in [2.24, 2.45) is 5.92 Å². The number of hydrogen-bond acceptors (Lipinski definition) is 2. The summed E-state index contributed by atoms with van der Waals surface area (Å²) in [6.07, 6.45) is 5.41. The molecular weight excluding hydrogens is 1020 g/mol. The van der Waals surface area contributed by atoms with E-state index >= 15 is 0 Å². The minimum absolute atomic E-state index is 0. The summed E-state index contributed by atoms with van der Waals surface area (Å²) in [6, 6.07) is 42.4. The Kier molecular flexibility index (Phi) is 9.42. The van der Waals surface area contributed by atoms with Gasteiger partial charge in [-0.05, 0) is 79.4 Å². The number of nitrogens with zero attached hydrogens (tertiary/aromatic N) is 4. The van der Waals surface area contributed by atoms with E-state index in [9.17, 15) is 0 Å². The Morgan fingerprint density at radius 1 is 0.623 bits per heavy atom. The van der Waals surface area contributed by atoms with Crippen LogP contribution in [0.15, 0.2) is 194 Å². The van der Waals surface area contributed by atoms with Gasteiger partial charge in [0, 0.05) is 49.8 Å². The van der Waals surface area contributed by atoms with Gasteiger partial charge in [-0.25, -0.2) is 4.98 Å². The molecule has 8 aromatic carbocycles. The molecule has 1 atom stereocenters. The summed E-state index contributed by atoms with van der Waals surface area (Å²) in [4.78, 5) is 5.17. The van der Waals surface area contributed by atoms with Gasteiger partial charge in [0.05, 0.1) is 30.4 Å². The molecule has 0 amide bonds. The van der Waals surface area contributed by atoms with Gasteiger partial charge in [-0.2, -0.15) is 18.2 Å². The zero-order valence-corrected chi connectivity index (χ0v) is 41.1. The van der Waals surface area contributed by atoms with Gasteiger partial charge in [-0.1, -0.05) is 192 Å². The molecule has 0 radical (unpaired) electrons. The second-order valence-corrected chi connectivity index (χ2v) is 18.4. The molecule has 0 saturated heterocycles. The summed E-state index contributed by atoms with van der Waals surface area (Å²) in [5.74, 6) is 2.12. The van der Waals surface area contributed by atoms with E-state index in [1.54, 1.807) is 33.4 Å². The topological polar surface area (TPSA) is 35.9 Å². The first-order valence-electron chi connectivity index (χ1n) is 27.7. The van der Waals surface area contributed by atoms with Crippen LogP contribution >= 0.6 is 0 Å². The van der Waals surface area contributed by atoms with Crippen LogP contribution in [0.1, 0.15) is 72.3 Å². The molecule has 0 aliphatic rings. The van der Waals surface area contributed by atoms with Crippen LogP contribution in [-0.2, 0) is 26.5 Å². The van der Waals surface area contributed by atoms with Crippen LogP contribution in [0.2, 0.25) is 0 Å². The van der Waals surface area contributed by atoms with Crippen LogP contribution in [0.3, 0.4) is 0 Å². The Morgan fingerprint density at radius 2 is 1.26 bits per heavy atom. The van der Waals surface area contributed by atoms with Crippen molar-refractivity contribution in [3.8, 4) is 62.1 Å². The molecule has 0 spiro atoms. The first-order chi connectivity index (χ1) is 37.2. The number of benzene rings is 8. The molecular formula is C63H52N4OPt-2. The largest absolute Gasteiger partial charge is 0.510 e. The fraction of sp³-hybridized carbons (Fsp3) is 0.143. The zero-order valence-electron chi connectivity index (χ0n) is 48.9. The van der Waals surface area contributed by atoms with E-state index < -0.39 is 60.4 Å². The van der Waals surface area contributed by atoms with Crippen LogP contribution in [0, 0.1) is 24.4 Å². The van der Waals surface area contributed by atoms with E-state index in [1.807, 2.05) is 66.9 Å². The van der Waals surface area contributed by atoms with Crippen molar-refractivity contribution in [3.63, 3.8) is 0 Å². The molecule has 3 heterocycles. The van der Waals surface area contributed by atoms with Gasteiger partial charge in [-0.3, -0.25) is 4.57 Å². The molecule has 3 aromatic heterocycles. The number of ether oxygens (including phenoxy) is 1. The molecule has 5 nitrogen and oxygen atoms in total. The van der Waals surface area contributed by atoms with Gasteiger partial charge in [-0.15, -0.1) is 29.7 Å². The Bertz CT molecular complexity index is 4100. The van der Waals surface area contributed by atoms with Gasteiger partial charge < -0.3 is 13.9 Å². The van der Waals surface area contributed by atoms with Crippen molar-refractivity contribution in [3.05, 3.63) is 224 Å². The van der Waals surface area contributed by atoms with Crippen molar-refractivity contribution in [2.75, 3.05) is 0 Å². The number of pyridine rings is 1. The first-order valence-corrected chi connectivity index (χ1v) is 22.7. The van der Waals surface area contributed by atoms with Crippen LogP contribution in [0.4, 0.5) is 0 Å². The van der Waals surface area contributed by atoms with E-state index in [0.717, 1.165) is 38.8 Å². The number of fused-ring (bicyclic) bond motifs is 4. The predicted molar refractivity (Wildman–Crippen MR) is 278 cm³/mol. The standard InChI is InChI=1S/C63H52N4O.Pt/c1-42(2)43(3)55-39-61(64-40-56(55)46-31-33-47(34-32-46)63(4,5)6)67-57-28-14-13-25-53(57)54-36-35-50(38-60(54)67)68-49-24-17-23-48(37-49)65-41-66(59-30-16-15-29-58(59)65)62-51(44-19-9-7-10-20-44)26-18-27-52(62)45-21-11-8-12-22-45;/h7-36,39-40,42-43H,1-6H3;/q-2;/i7D,8D,9D,10D,11D,12D,19D,20D,21D,22D;. The van der Waals surface area contributed by atoms with Gasteiger partial charge in [0.25, 0.3) is 6.33 Å². The second-order valence-electron chi connectivity index (χ2n) is 18.4. The van der Waals surface area contributed by atoms with E-state index in [0.29, 0.717) is 34.1 Å². The average Bonchev–Trinajstić information content (AvgIpc) is 4.23. The Morgan fingerprint density at radius 3 is 1.94 bits per heavy atom. The van der Waals surface area contributed by atoms with E-state index in [2.05, 4.69) is 107 Å². The van der Waals surface area contributed by atoms with Crippen molar-refractivity contribution in [1.82, 2.24) is 14.1 Å². The van der Waals surface area contributed by atoms with Crippen molar-refractivity contribution >= 4 is 32.8 Å². The maximum Gasteiger partial charge on any atom is 0.268 e. The first kappa shape index (κ1) is 34.9. The fourth-order valence-electron chi connectivity index (χ4n) is 8.99. The minimum Gasteiger partial charge on any atom is -0.510 e. The monoisotopic (exact) mass is 1090 g/mol. The molecule has 69 heavy (non-hydrogen) atoms. The number of para-hydroxylation sites is 4. The smallest absolute Gasteiger partial charge is 0.268 e. The van der Waals surface area contributed by atoms with Crippen molar-refractivity contribution in [1.29, 1.82) is 0 Å². The minimum atomic E-state index is -0.573. The van der Waals surface area contributed by atoms with Crippen LogP contribution in [0.5, 0.6) is 11.5 Å². The van der Waals surface area contributed by atoms with Crippen LogP contribution in [-0.4, -0.2) is 14.1 Å². The van der Waals surface area contributed by atoms with Crippen molar-refractivity contribution < 1.29 is 44.1 Å². The quantitative estimate of drug-likeness (QED) is 0.101. The zero-order chi connectivity index (χ0) is 55.2. The molecule has 0 fully saturated rings. The van der Waals surface area contributed by atoms with Gasteiger partial charge in [0.1, 0.15) is 5.82 Å². The van der Waals surface area contributed by atoms with Gasteiger partial charge in [0.2, 0.25) is 0 Å². The molecule has 0 N–H and O–H groups in total. The SMILES string of the molecule is [2H]c1c([2H])c([2H])c(-c2cccc(-c3c([2H])c([2H])c([2H])c([2H])c3[2H])c2-[n+]2[c-]n(-c3[c-]c(Oc4[c-]c5c(cc4)c4ccccc4n5-c4cc(C(C)C(C)C)c(-c5ccc(C(C)(C)C)cc5)cn4)ccc3)c3ccccc32)c([2H])c1[2H].[Pt]. The van der Waals surface area contributed by atoms with Crippen LogP contribution in [0.25, 0.3) is 83.4 Å². The summed E-state index contributed by atoms with van der Waals surface area (Å²) in [5, 5.41) is 2.01. The molecule has 342 valence electrons. The number of imidazole rings is 1. The summed E-state index contributed by atoms with van der Waals surface area (Å²) in [6.45, 7) is 13.4.